The largest absolute Gasteiger partial charge is 0.385 e. The van der Waals surface area contributed by atoms with Crippen LogP contribution in [0.4, 0.5) is 15.8 Å². The summed E-state index contributed by atoms with van der Waals surface area (Å²) in [5.41, 5.74) is 1.67. The van der Waals surface area contributed by atoms with E-state index in [1.807, 2.05) is 19.9 Å². The van der Waals surface area contributed by atoms with E-state index in [1.54, 1.807) is 13.0 Å². The quantitative estimate of drug-likeness (QED) is 0.698. The second-order valence-electron chi connectivity index (χ2n) is 8.48. The molecule has 1 heterocycles. The summed E-state index contributed by atoms with van der Waals surface area (Å²) < 4.78 is 46.2. The van der Waals surface area contributed by atoms with Crippen LogP contribution in [0, 0.1) is 11.7 Å². The second-order valence-corrected chi connectivity index (χ2v) is 10.5. The molecule has 0 aromatic heterocycles. The maximum atomic E-state index is 14.2. The van der Waals surface area contributed by atoms with E-state index in [1.165, 1.54) is 6.07 Å². The summed E-state index contributed by atoms with van der Waals surface area (Å²) in [6.45, 7) is 8.02. The normalized spacial score (nSPS) is 28.3. The second kappa shape index (κ2) is 9.62. The molecule has 3 rings (SSSR count). The molecule has 1 saturated carbocycles. The number of halogens is 1. The molecule has 2 atom stereocenters. The summed E-state index contributed by atoms with van der Waals surface area (Å²) in [6, 6.07) is 5.18. The van der Waals surface area contributed by atoms with Crippen molar-refractivity contribution in [3.8, 4) is 0 Å². The molecule has 8 heteroatoms. The lowest BCUT2D eigenvalue weighted by atomic mass is 9.86. The van der Waals surface area contributed by atoms with Crippen LogP contribution < -0.4 is 14.9 Å². The van der Waals surface area contributed by atoms with E-state index >= 15 is 0 Å². The number of hydrogen-bond acceptors (Lipinski definition) is 5. The number of anilines is 2. The topological polar surface area (TPSA) is 70.7 Å². The Morgan fingerprint density at radius 3 is 2.38 bits per heavy atom. The fourth-order valence-corrected chi connectivity index (χ4v) is 5.24. The smallest absolute Gasteiger partial charge is 0.211 e. The van der Waals surface area contributed by atoms with Gasteiger partial charge in [-0.05, 0) is 70.6 Å². The minimum Gasteiger partial charge on any atom is -0.385 e. The Hall–Kier alpha value is -1.38. The van der Waals surface area contributed by atoms with Gasteiger partial charge in [0.15, 0.2) is 0 Å². The van der Waals surface area contributed by atoms with Crippen LogP contribution >= 0.6 is 0 Å². The standard InChI is InChI=1S/C21H34FN3O3S/c1-4-29(26,27)24-19-7-5-17(6-8-19)12-23-20-9-18(22)10-21(11-20)25-13-15(2)28-16(3)14-25/h9-11,15-17,19,23-24H,4-8,12-14H2,1-3H3/t15-,16+,17-,19-. The Bertz CT molecular complexity index is 771. The number of morpholine rings is 1. The zero-order chi connectivity index (χ0) is 21.0. The maximum absolute atomic E-state index is 14.2. The molecule has 0 radical (unpaired) electrons. The van der Waals surface area contributed by atoms with Crippen molar-refractivity contribution in [2.75, 3.05) is 35.6 Å². The fraction of sp³-hybridized carbons (Fsp3) is 0.714. The molecule has 1 aliphatic carbocycles. The number of hydrogen-bond donors (Lipinski definition) is 2. The molecule has 29 heavy (non-hydrogen) atoms. The van der Waals surface area contributed by atoms with Crippen LogP contribution in [0.2, 0.25) is 0 Å². The van der Waals surface area contributed by atoms with E-state index in [0.29, 0.717) is 5.92 Å². The fourth-order valence-electron chi connectivity index (χ4n) is 4.33. The summed E-state index contributed by atoms with van der Waals surface area (Å²) in [6.07, 6.45) is 3.87. The van der Waals surface area contributed by atoms with E-state index in [2.05, 4.69) is 14.9 Å². The highest BCUT2D eigenvalue weighted by Crippen LogP contribution is 2.28. The summed E-state index contributed by atoms with van der Waals surface area (Å²) in [7, 11) is -3.14. The van der Waals surface area contributed by atoms with E-state index in [9.17, 15) is 12.8 Å². The lowest BCUT2D eigenvalue weighted by molar-refractivity contribution is -0.00523. The molecule has 1 saturated heterocycles. The first kappa shape index (κ1) is 22.3. The first-order valence-electron chi connectivity index (χ1n) is 10.7. The Morgan fingerprint density at radius 1 is 1.10 bits per heavy atom. The van der Waals surface area contributed by atoms with Crippen molar-refractivity contribution >= 4 is 21.4 Å². The van der Waals surface area contributed by atoms with Crippen molar-refractivity contribution in [2.24, 2.45) is 5.92 Å². The third kappa shape index (κ3) is 6.55. The molecule has 1 aromatic rings. The van der Waals surface area contributed by atoms with Crippen molar-refractivity contribution < 1.29 is 17.5 Å². The lowest BCUT2D eigenvalue weighted by Crippen LogP contribution is -2.45. The Kier molecular flexibility index (Phi) is 7.40. The molecular formula is C21H34FN3O3S. The van der Waals surface area contributed by atoms with Crippen LogP contribution in [-0.4, -0.2) is 52.1 Å². The minimum absolute atomic E-state index is 0.0438. The van der Waals surface area contributed by atoms with Gasteiger partial charge in [-0.25, -0.2) is 17.5 Å². The lowest BCUT2D eigenvalue weighted by Gasteiger charge is -2.37. The number of ether oxygens (including phenoxy) is 1. The van der Waals surface area contributed by atoms with Crippen LogP contribution in [0.25, 0.3) is 0 Å². The van der Waals surface area contributed by atoms with E-state index in [4.69, 9.17) is 4.74 Å². The first-order valence-corrected chi connectivity index (χ1v) is 12.3. The number of nitrogens with zero attached hydrogens (tertiary/aromatic N) is 1. The monoisotopic (exact) mass is 427 g/mol. The van der Waals surface area contributed by atoms with Crippen LogP contribution in [0.15, 0.2) is 18.2 Å². The SMILES string of the molecule is CCS(=O)(=O)N[C@H]1CC[C@H](CNc2cc(F)cc(N3C[C@@H](C)O[C@@H](C)C3)c2)CC1. The van der Waals surface area contributed by atoms with Crippen LogP contribution in [0.5, 0.6) is 0 Å². The van der Waals surface area contributed by atoms with Crippen molar-refractivity contribution in [3.05, 3.63) is 24.0 Å². The van der Waals surface area contributed by atoms with E-state index in [-0.39, 0.29) is 29.8 Å². The van der Waals surface area contributed by atoms with Gasteiger partial charge < -0.3 is 15.0 Å². The molecule has 0 spiro atoms. The van der Waals surface area contributed by atoms with Crippen molar-refractivity contribution in [2.45, 2.75) is 64.7 Å². The number of rotatable bonds is 7. The van der Waals surface area contributed by atoms with Gasteiger partial charge in [-0.15, -0.1) is 0 Å². The third-order valence-electron chi connectivity index (χ3n) is 5.84. The maximum Gasteiger partial charge on any atom is 0.211 e. The van der Waals surface area contributed by atoms with Gasteiger partial charge in [0.05, 0.1) is 18.0 Å². The molecular weight excluding hydrogens is 393 g/mol. The third-order valence-corrected chi connectivity index (χ3v) is 7.29. The van der Waals surface area contributed by atoms with Gasteiger partial charge in [-0.2, -0.15) is 0 Å². The van der Waals surface area contributed by atoms with Gasteiger partial charge in [0.25, 0.3) is 0 Å². The van der Waals surface area contributed by atoms with Crippen LogP contribution in [0.3, 0.4) is 0 Å². The molecule has 1 aromatic carbocycles. The zero-order valence-electron chi connectivity index (χ0n) is 17.7. The van der Waals surface area contributed by atoms with Gasteiger partial charge in [-0.3, -0.25) is 0 Å². The van der Waals surface area contributed by atoms with Crippen LogP contribution in [0.1, 0.15) is 46.5 Å². The van der Waals surface area contributed by atoms with Gasteiger partial charge in [0.2, 0.25) is 10.0 Å². The molecule has 2 N–H and O–H groups in total. The van der Waals surface area contributed by atoms with Crippen molar-refractivity contribution in [1.29, 1.82) is 0 Å². The molecule has 2 fully saturated rings. The Balaban J connectivity index is 1.53. The minimum atomic E-state index is -3.14. The summed E-state index contributed by atoms with van der Waals surface area (Å²) >= 11 is 0. The molecule has 0 bridgehead atoms. The highest BCUT2D eigenvalue weighted by atomic mass is 32.2. The van der Waals surface area contributed by atoms with Gasteiger partial charge in [-0.1, -0.05) is 0 Å². The summed E-state index contributed by atoms with van der Waals surface area (Å²) in [5.74, 6) is 0.346. The average molecular weight is 428 g/mol. The number of nitrogens with one attached hydrogen (secondary N) is 2. The molecule has 0 amide bonds. The van der Waals surface area contributed by atoms with Crippen molar-refractivity contribution in [3.63, 3.8) is 0 Å². The van der Waals surface area contributed by atoms with Crippen LogP contribution in [-0.2, 0) is 14.8 Å². The molecule has 2 aliphatic rings. The van der Waals surface area contributed by atoms with Gasteiger partial charge in [0.1, 0.15) is 5.82 Å². The molecule has 0 unspecified atom stereocenters. The molecule has 1 aliphatic heterocycles. The molecule has 164 valence electrons. The van der Waals surface area contributed by atoms with Gasteiger partial charge >= 0.3 is 0 Å². The van der Waals surface area contributed by atoms with Crippen molar-refractivity contribution in [1.82, 2.24) is 4.72 Å². The highest BCUT2D eigenvalue weighted by Gasteiger charge is 2.25. The number of benzene rings is 1. The molecule has 6 nitrogen and oxygen atoms in total. The summed E-state index contributed by atoms with van der Waals surface area (Å²) in [5, 5.41) is 3.39. The summed E-state index contributed by atoms with van der Waals surface area (Å²) in [4.78, 5) is 2.18. The number of sulfonamides is 1. The van der Waals surface area contributed by atoms with E-state index < -0.39 is 10.0 Å². The predicted octanol–water partition coefficient (Wildman–Crippen LogP) is 3.35. The average Bonchev–Trinajstić information content (AvgIpc) is 2.66. The van der Waals surface area contributed by atoms with E-state index in [0.717, 1.165) is 56.7 Å². The Labute approximate surface area is 174 Å². The Morgan fingerprint density at radius 2 is 1.76 bits per heavy atom. The highest BCUT2D eigenvalue weighted by molar-refractivity contribution is 7.89. The zero-order valence-corrected chi connectivity index (χ0v) is 18.5. The first-order chi connectivity index (χ1) is 13.7. The predicted molar refractivity (Wildman–Crippen MR) is 115 cm³/mol. The van der Waals surface area contributed by atoms with Gasteiger partial charge in [0, 0.05) is 37.1 Å².